The van der Waals surface area contributed by atoms with Crippen LogP contribution in [-0.2, 0) is 9.53 Å². The van der Waals surface area contributed by atoms with E-state index in [1.165, 1.54) is 7.11 Å². The first-order valence-corrected chi connectivity index (χ1v) is 6.83. The predicted octanol–water partition coefficient (Wildman–Crippen LogP) is 2.63. The van der Waals surface area contributed by atoms with E-state index in [2.05, 4.69) is 4.98 Å². The molecule has 21 heavy (non-hydrogen) atoms. The molecule has 0 amide bonds. The van der Waals surface area contributed by atoms with Crippen molar-refractivity contribution < 1.29 is 14.3 Å². The number of esters is 1. The van der Waals surface area contributed by atoms with E-state index in [9.17, 15) is 4.79 Å². The molecule has 2 aromatic rings. The third kappa shape index (κ3) is 3.07. The van der Waals surface area contributed by atoms with Crippen LogP contribution < -0.4 is 9.64 Å². The highest BCUT2D eigenvalue weighted by molar-refractivity contribution is 5.97. The van der Waals surface area contributed by atoms with E-state index in [4.69, 9.17) is 9.47 Å². The monoisotopic (exact) mass is 288 g/mol. The minimum Gasteiger partial charge on any atom is -0.496 e. The van der Waals surface area contributed by atoms with E-state index >= 15 is 0 Å². The van der Waals surface area contributed by atoms with Crippen LogP contribution >= 0.6 is 0 Å². The lowest BCUT2D eigenvalue weighted by atomic mass is 10.1. The Morgan fingerprint density at radius 3 is 2.62 bits per heavy atom. The maximum atomic E-state index is 11.6. The fourth-order valence-electron chi connectivity index (χ4n) is 2.28. The zero-order chi connectivity index (χ0) is 15.4. The molecule has 0 aliphatic rings. The molecule has 112 valence electrons. The lowest BCUT2D eigenvalue weighted by Gasteiger charge is -2.27. The third-order valence-corrected chi connectivity index (χ3v) is 3.39. The van der Waals surface area contributed by atoms with Gasteiger partial charge in [0.2, 0.25) is 0 Å². The summed E-state index contributed by atoms with van der Waals surface area (Å²) in [4.78, 5) is 18.0. The van der Waals surface area contributed by atoms with Gasteiger partial charge in [-0.05, 0) is 26.0 Å². The second-order valence-corrected chi connectivity index (χ2v) is 4.99. The van der Waals surface area contributed by atoms with Gasteiger partial charge in [-0.2, -0.15) is 0 Å². The van der Waals surface area contributed by atoms with E-state index in [1.807, 2.05) is 43.0 Å². The second kappa shape index (κ2) is 6.43. The van der Waals surface area contributed by atoms with Gasteiger partial charge in [-0.1, -0.05) is 12.1 Å². The number of carbonyl (C=O) groups is 1. The van der Waals surface area contributed by atoms with Crippen LogP contribution in [0.5, 0.6) is 5.75 Å². The largest absolute Gasteiger partial charge is 0.496 e. The molecule has 5 heteroatoms. The van der Waals surface area contributed by atoms with Crippen LogP contribution in [0.3, 0.4) is 0 Å². The summed E-state index contributed by atoms with van der Waals surface area (Å²) in [5.41, 5.74) is 0. The molecule has 0 saturated heterocycles. The van der Waals surface area contributed by atoms with Gasteiger partial charge in [-0.15, -0.1) is 0 Å². The van der Waals surface area contributed by atoms with Crippen molar-refractivity contribution in [3.05, 3.63) is 30.5 Å². The topological polar surface area (TPSA) is 51.7 Å². The van der Waals surface area contributed by atoms with Crippen LogP contribution in [0.4, 0.5) is 5.82 Å². The maximum absolute atomic E-state index is 11.6. The number of benzene rings is 1. The molecule has 0 aliphatic carbocycles. The third-order valence-electron chi connectivity index (χ3n) is 3.39. The summed E-state index contributed by atoms with van der Waals surface area (Å²) in [6.07, 6.45) is 1.73. The van der Waals surface area contributed by atoms with E-state index in [0.717, 1.165) is 22.3 Å². The molecule has 1 aromatic heterocycles. The molecule has 0 saturated carbocycles. The van der Waals surface area contributed by atoms with Crippen molar-refractivity contribution in [3.8, 4) is 5.75 Å². The molecule has 5 nitrogen and oxygen atoms in total. The second-order valence-electron chi connectivity index (χ2n) is 4.99. The lowest BCUT2D eigenvalue weighted by molar-refractivity contribution is -0.139. The Kier molecular flexibility index (Phi) is 4.62. The Hall–Kier alpha value is -2.30. The van der Waals surface area contributed by atoms with Crippen molar-refractivity contribution in [2.24, 2.45) is 0 Å². The van der Waals surface area contributed by atoms with Gasteiger partial charge in [0.05, 0.1) is 14.2 Å². The summed E-state index contributed by atoms with van der Waals surface area (Å²) in [5, 5.41) is 1.93. The van der Waals surface area contributed by atoms with Crippen molar-refractivity contribution in [1.82, 2.24) is 4.98 Å². The standard InChI is InChI=1S/C16H20N2O3/c1-11(2)18(10-15(19)21-4)16-13-6-5-7-14(20-3)12(13)8-9-17-16/h5-9,11H,10H2,1-4H3. The fourth-order valence-corrected chi connectivity index (χ4v) is 2.28. The zero-order valence-electron chi connectivity index (χ0n) is 12.8. The van der Waals surface area contributed by atoms with Crippen LogP contribution in [0.15, 0.2) is 30.5 Å². The first kappa shape index (κ1) is 15.1. The SMILES string of the molecule is COC(=O)CN(c1nccc2c(OC)cccc12)C(C)C. The molecular formula is C16H20N2O3. The summed E-state index contributed by atoms with van der Waals surface area (Å²) in [5.74, 6) is 1.26. The van der Waals surface area contributed by atoms with E-state index < -0.39 is 0 Å². The van der Waals surface area contributed by atoms with Gasteiger partial charge in [0.15, 0.2) is 0 Å². The van der Waals surface area contributed by atoms with E-state index in [1.54, 1.807) is 13.3 Å². The smallest absolute Gasteiger partial charge is 0.325 e. The summed E-state index contributed by atoms with van der Waals surface area (Å²) in [7, 11) is 3.03. The molecule has 0 N–H and O–H groups in total. The minimum absolute atomic E-state index is 0.119. The first-order valence-electron chi connectivity index (χ1n) is 6.83. The molecule has 0 spiro atoms. The molecule has 0 radical (unpaired) electrons. The average Bonchev–Trinajstić information content (AvgIpc) is 2.50. The van der Waals surface area contributed by atoms with Gasteiger partial charge in [0.25, 0.3) is 0 Å². The molecule has 0 unspecified atom stereocenters. The number of nitrogens with zero attached hydrogens (tertiary/aromatic N) is 2. The highest BCUT2D eigenvalue weighted by Gasteiger charge is 2.19. The highest BCUT2D eigenvalue weighted by Crippen LogP contribution is 2.31. The van der Waals surface area contributed by atoms with Gasteiger partial charge in [0.1, 0.15) is 18.1 Å². The number of fused-ring (bicyclic) bond motifs is 1. The van der Waals surface area contributed by atoms with Crippen LogP contribution in [0.2, 0.25) is 0 Å². The predicted molar refractivity (Wildman–Crippen MR) is 82.8 cm³/mol. The highest BCUT2D eigenvalue weighted by atomic mass is 16.5. The number of ether oxygens (including phenoxy) is 2. The number of rotatable bonds is 5. The molecular weight excluding hydrogens is 268 g/mol. The fraction of sp³-hybridized carbons (Fsp3) is 0.375. The number of methoxy groups -OCH3 is 2. The van der Waals surface area contributed by atoms with Crippen LogP contribution in [0, 0.1) is 0 Å². The van der Waals surface area contributed by atoms with Crippen molar-refractivity contribution in [2.45, 2.75) is 19.9 Å². The van der Waals surface area contributed by atoms with Gasteiger partial charge in [-0.3, -0.25) is 4.79 Å². The molecule has 2 rings (SSSR count). The maximum Gasteiger partial charge on any atom is 0.325 e. The van der Waals surface area contributed by atoms with Crippen LogP contribution in [0.1, 0.15) is 13.8 Å². The Morgan fingerprint density at radius 1 is 1.24 bits per heavy atom. The van der Waals surface area contributed by atoms with Gasteiger partial charge in [0, 0.05) is 23.0 Å². The van der Waals surface area contributed by atoms with Gasteiger partial charge >= 0.3 is 5.97 Å². The molecule has 0 atom stereocenters. The van der Waals surface area contributed by atoms with Gasteiger partial charge < -0.3 is 14.4 Å². The summed E-state index contributed by atoms with van der Waals surface area (Å²) in [6, 6.07) is 7.84. The summed E-state index contributed by atoms with van der Waals surface area (Å²) < 4.78 is 10.2. The van der Waals surface area contributed by atoms with E-state index in [-0.39, 0.29) is 18.6 Å². The zero-order valence-corrected chi connectivity index (χ0v) is 12.8. The van der Waals surface area contributed by atoms with Crippen molar-refractivity contribution >= 4 is 22.6 Å². The Morgan fingerprint density at radius 2 is 2.00 bits per heavy atom. The number of carbonyl (C=O) groups excluding carboxylic acids is 1. The summed E-state index contributed by atoms with van der Waals surface area (Å²) in [6.45, 7) is 4.20. The number of anilines is 1. The molecule has 0 aliphatic heterocycles. The number of hydrogen-bond donors (Lipinski definition) is 0. The lowest BCUT2D eigenvalue weighted by Crippen LogP contribution is -2.37. The molecule has 1 aromatic carbocycles. The number of hydrogen-bond acceptors (Lipinski definition) is 5. The molecule has 0 fully saturated rings. The quantitative estimate of drug-likeness (QED) is 0.792. The van der Waals surface area contributed by atoms with Crippen LogP contribution in [-0.4, -0.2) is 37.8 Å². The Labute approximate surface area is 124 Å². The van der Waals surface area contributed by atoms with Crippen molar-refractivity contribution in [3.63, 3.8) is 0 Å². The molecule has 1 heterocycles. The first-order chi connectivity index (χ1) is 10.1. The van der Waals surface area contributed by atoms with Crippen LogP contribution in [0.25, 0.3) is 10.8 Å². The number of aromatic nitrogens is 1. The summed E-state index contributed by atoms with van der Waals surface area (Å²) >= 11 is 0. The minimum atomic E-state index is -0.287. The van der Waals surface area contributed by atoms with Crippen molar-refractivity contribution in [2.75, 3.05) is 25.7 Å². The number of pyridine rings is 1. The Balaban J connectivity index is 2.55. The van der Waals surface area contributed by atoms with E-state index in [0.29, 0.717) is 0 Å². The Bertz CT molecular complexity index is 640. The molecule has 0 bridgehead atoms. The van der Waals surface area contributed by atoms with Gasteiger partial charge in [-0.25, -0.2) is 4.98 Å². The average molecular weight is 288 g/mol. The normalized spacial score (nSPS) is 10.7. The van der Waals surface area contributed by atoms with Crippen molar-refractivity contribution in [1.29, 1.82) is 0 Å².